The highest BCUT2D eigenvalue weighted by molar-refractivity contribution is 9.10. The van der Waals surface area contributed by atoms with Gasteiger partial charge in [-0.15, -0.1) is 0 Å². The van der Waals surface area contributed by atoms with Crippen molar-refractivity contribution in [1.82, 2.24) is 0 Å². The van der Waals surface area contributed by atoms with Crippen molar-refractivity contribution in [2.45, 2.75) is 20.3 Å². The highest BCUT2D eigenvalue weighted by Gasteiger charge is 2.02. The van der Waals surface area contributed by atoms with Crippen molar-refractivity contribution in [1.29, 1.82) is 0 Å². The topological polar surface area (TPSA) is 24.1 Å². The molecular formula is C16H17BrN2S. The lowest BCUT2D eigenvalue weighted by atomic mass is 10.1. The summed E-state index contributed by atoms with van der Waals surface area (Å²) >= 11 is 8.79. The summed E-state index contributed by atoms with van der Waals surface area (Å²) in [5.74, 6) is 0. The third-order valence-corrected chi connectivity index (χ3v) is 3.75. The lowest BCUT2D eigenvalue weighted by molar-refractivity contribution is 1.14. The van der Waals surface area contributed by atoms with Crippen molar-refractivity contribution in [2.24, 2.45) is 0 Å². The molecular weight excluding hydrogens is 332 g/mol. The Hall–Kier alpha value is -1.39. The first-order valence-electron chi connectivity index (χ1n) is 6.51. The number of aryl methyl sites for hydroxylation is 2. The molecule has 2 aromatic rings. The van der Waals surface area contributed by atoms with Gasteiger partial charge in [0.2, 0.25) is 0 Å². The number of benzene rings is 2. The van der Waals surface area contributed by atoms with E-state index in [9.17, 15) is 0 Å². The Morgan fingerprint density at radius 1 is 1.10 bits per heavy atom. The van der Waals surface area contributed by atoms with Crippen LogP contribution in [0.2, 0.25) is 0 Å². The number of nitrogens with one attached hydrogen (secondary N) is 2. The third-order valence-electron chi connectivity index (χ3n) is 3.06. The molecule has 2 rings (SSSR count). The maximum atomic E-state index is 5.34. The van der Waals surface area contributed by atoms with Crippen LogP contribution in [-0.2, 0) is 6.42 Å². The molecule has 2 nitrogen and oxygen atoms in total. The molecule has 0 aliphatic heterocycles. The van der Waals surface area contributed by atoms with Gasteiger partial charge < -0.3 is 10.6 Å². The summed E-state index contributed by atoms with van der Waals surface area (Å²) in [6, 6.07) is 14.4. The number of halogens is 1. The predicted molar refractivity (Wildman–Crippen MR) is 94.5 cm³/mol. The minimum atomic E-state index is 0.597. The SMILES string of the molecule is CCc1ccc(NC(=S)Nc2ccc(Br)cc2C)cc1. The maximum absolute atomic E-state index is 5.34. The fourth-order valence-electron chi connectivity index (χ4n) is 1.88. The van der Waals surface area contributed by atoms with Crippen LogP contribution in [0.25, 0.3) is 0 Å². The van der Waals surface area contributed by atoms with Crippen LogP contribution in [0.15, 0.2) is 46.9 Å². The number of rotatable bonds is 3. The lowest BCUT2D eigenvalue weighted by Crippen LogP contribution is -2.19. The van der Waals surface area contributed by atoms with Gasteiger partial charge in [-0.25, -0.2) is 0 Å². The van der Waals surface area contributed by atoms with Crippen LogP contribution >= 0.6 is 28.1 Å². The largest absolute Gasteiger partial charge is 0.332 e. The van der Waals surface area contributed by atoms with Gasteiger partial charge in [-0.1, -0.05) is 35.0 Å². The van der Waals surface area contributed by atoms with Gasteiger partial charge in [0.15, 0.2) is 5.11 Å². The van der Waals surface area contributed by atoms with Crippen LogP contribution < -0.4 is 10.6 Å². The smallest absolute Gasteiger partial charge is 0.175 e. The second-order valence-electron chi connectivity index (χ2n) is 4.59. The number of hydrogen-bond donors (Lipinski definition) is 2. The average Bonchev–Trinajstić information content (AvgIpc) is 2.43. The van der Waals surface area contributed by atoms with Crippen molar-refractivity contribution in [3.8, 4) is 0 Å². The van der Waals surface area contributed by atoms with Crippen LogP contribution in [0.1, 0.15) is 18.1 Å². The second-order valence-corrected chi connectivity index (χ2v) is 5.91. The molecule has 0 aromatic heterocycles. The molecule has 104 valence electrons. The zero-order chi connectivity index (χ0) is 14.5. The summed E-state index contributed by atoms with van der Waals surface area (Å²) in [6.45, 7) is 4.19. The van der Waals surface area contributed by atoms with Gasteiger partial charge in [0.1, 0.15) is 0 Å². The van der Waals surface area contributed by atoms with Crippen LogP contribution in [-0.4, -0.2) is 5.11 Å². The molecule has 0 unspecified atom stereocenters. The summed E-state index contributed by atoms with van der Waals surface area (Å²) in [4.78, 5) is 0. The van der Waals surface area contributed by atoms with Crippen LogP contribution in [0, 0.1) is 6.92 Å². The molecule has 0 aliphatic rings. The fourth-order valence-corrected chi connectivity index (χ4v) is 2.58. The molecule has 0 atom stereocenters. The quantitative estimate of drug-likeness (QED) is 0.752. The number of anilines is 2. The Bertz CT molecular complexity index is 608. The number of hydrogen-bond acceptors (Lipinski definition) is 1. The van der Waals surface area contributed by atoms with Gasteiger partial charge in [0.25, 0.3) is 0 Å². The van der Waals surface area contributed by atoms with E-state index in [-0.39, 0.29) is 0 Å². The van der Waals surface area contributed by atoms with Crippen LogP contribution in [0.3, 0.4) is 0 Å². The summed E-state index contributed by atoms with van der Waals surface area (Å²) < 4.78 is 1.06. The molecule has 0 fully saturated rings. The highest BCUT2D eigenvalue weighted by Crippen LogP contribution is 2.20. The zero-order valence-corrected chi connectivity index (χ0v) is 13.9. The van der Waals surface area contributed by atoms with E-state index < -0.39 is 0 Å². The summed E-state index contributed by atoms with van der Waals surface area (Å²) in [7, 11) is 0. The summed E-state index contributed by atoms with van der Waals surface area (Å²) in [5.41, 5.74) is 4.47. The van der Waals surface area contributed by atoms with Gasteiger partial charge >= 0.3 is 0 Å². The van der Waals surface area contributed by atoms with Gasteiger partial charge in [0, 0.05) is 15.8 Å². The second kappa shape index (κ2) is 6.86. The van der Waals surface area contributed by atoms with E-state index >= 15 is 0 Å². The molecule has 0 heterocycles. The van der Waals surface area contributed by atoms with Crippen molar-refractivity contribution in [3.63, 3.8) is 0 Å². The number of thiocarbonyl (C=S) groups is 1. The summed E-state index contributed by atoms with van der Waals surface area (Å²) in [5, 5.41) is 7.00. The standard InChI is InChI=1S/C16H17BrN2S/c1-3-12-4-7-14(8-5-12)18-16(20)19-15-9-6-13(17)10-11(15)2/h4-10H,3H2,1-2H3,(H2,18,19,20). The van der Waals surface area contributed by atoms with E-state index in [0.29, 0.717) is 5.11 Å². The highest BCUT2D eigenvalue weighted by atomic mass is 79.9. The normalized spacial score (nSPS) is 10.2. The molecule has 0 saturated carbocycles. The minimum absolute atomic E-state index is 0.597. The first-order valence-corrected chi connectivity index (χ1v) is 7.71. The van der Waals surface area contributed by atoms with E-state index in [0.717, 1.165) is 27.8 Å². The van der Waals surface area contributed by atoms with Crippen LogP contribution in [0.4, 0.5) is 11.4 Å². The molecule has 4 heteroatoms. The Labute approximate surface area is 133 Å². The van der Waals surface area contributed by atoms with E-state index in [1.165, 1.54) is 5.56 Å². The molecule has 0 aliphatic carbocycles. The first-order chi connectivity index (χ1) is 9.58. The Morgan fingerprint density at radius 2 is 1.80 bits per heavy atom. The zero-order valence-electron chi connectivity index (χ0n) is 11.5. The monoisotopic (exact) mass is 348 g/mol. The Morgan fingerprint density at radius 3 is 2.40 bits per heavy atom. The van der Waals surface area contributed by atoms with Gasteiger partial charge in [0.05, 0.1) is 0 Å². The summed E-state index contributed by atoms with van der Waals surface area (Å²) in [6.07, 6.45) is 1.04. The van der Waals surface area contributed by atoms with E-state index in [2.05, 4.69) is 51.7 Å². The molecule has 2 aromatic carbocycles. The third kappa shape index (κ3) is 4.05. The maximum Gasteiger partial charge on any atom is 0.175 e. The lowest BCUT2D eigenvalue weighted by Gasteiger charge is -2.13. The van der Waals surface area contributed by atoms with Gasteiger partial charge in [-0.05, 0) is 67.0 Å². The first kappa shape index (κ1) is 15.0. The van der Waals surface area contributed by atoms with Gasteiger partial charge in [-0.2, -0.15) is 0 Å². The molecule has 20 heavy (non-hydrogen) atoms. The van der Waals surface area contributed by atoms with Crippen molar-refractivity contribution >= 4 is 44.6 Å². The van der Waals surface area contributed by atoms with E-state index in [4.69, 9.17) is 12.2 Å². The fraction of sp³-hybridized carbons (Fsp3) is 0.188. The molecule has 0 amide bonds. The molecule has 0 saturated heterocycles. The molecule has 0 bridgehead atoms. The van der Waals surface area contributed by atoms with Gasteiger partial charge in [-0.3, -0.25) is 0 Å². The molecule has 2 N–H and O–H groups in total. The molecule has 0 radical (unpaired) electrons. The predicted octanol–water partition coefficient (Wildman–Crippen LogP) is 5.13. The molecule has 0 spiro atoms. The average molecular weight is 349 g/mol. The van der Waals surface area contributed by atoms with E-state index in [1.54, 1.807) is 0 Å². The van der Waals surface area contributed by atoms with E-state index in [1.807, 2.05) is 31.2 Å². The Balaban J connectivity index is 2.01. The van der Waals surface area contributed by atoms with Crippen molar-refractivity contribution in [2.75, 3.05) is 10.6 Å². The Kier molecular flexibility index (Phi) is 5.15. The van der Waals surface area contributed by atoms with Crippen LogP contribution in [0.5, 0.6) is 0 Å². The van der Waals surface area contributed by atoms with Crippen molar-refractivity contribution in [3.05, 3.63) is 58.1 Å². The van der Waals surface area contributed by atoms with Crippen molar-refractivity contribution < 1.29 is 0 Å². The minimum Gasteiger partial charge on any atom is -0.332 e.